The summed E-state index contributed by atoms with van der Waals surface area (Å²) in [5, 5.41) is 3.92. The maximum atomic E-state index is 12.9. The molecule has 1 aliphatic rings. The standard InChI is InChI=1S/C28H32O3P.HI/c1-27(2,3)26-30-25(29)28(4,31-26)20-21-32(22-14-8-5-9-15-22,23-16-10-6-11-17-23)24-18-12-7-13-19-24;/h5-19,26H,20-21H2,1-4H3;1H/q+1;/p-1/t26-,28+;/m1./s1. The predicted octanol–water partition coefficient (Wildman–Crippen LogP) is 2.08. The largest absolute Gasteiger partial charge is 1.00 e. The van der Waals surface area contributed by atoms with Crippen molar-refractivity contribution in [2.45, 2.75) is 46.0 Å². The van der Waals surface area contributed by atoms with E-state index in [2.05, 4.69) is 91.0 Å². The van der Waals surface area contributed by atoms with E-state index in [-0.39, 0.29) is 35.4 Å². The first-order chi connectivity index (χ1) is 15.3. The van der Waals surface area contributed by atoms with Crippen LogP contribution in [0.15, 0.2) is 91.0 Å². The normalized spacial score (nSPS) is 20.7. The van der Waals surface area contributed by atoms with E-state index < -0.39 is 19.2 Å². The van der Waals surface area contributed by atoms with Gasteiger partial charge < -0.3 is 33.5 Å². The van der Waals surface area contributed by atoms with Gasteiger partial charge in [-0.25, -0.2) is 4.79 Å². The molecular weight excluding hydrogens is 542 g/mol. The van der Waals surface area contributed by atoms with Gasteiger partial charge in [0.1, 0.15) is 23.2 Å². The van der Waals surface area contributed by atoms with Gasteiger partial charge in [0.05, 0.1) is 6.16 Å². The summed E-state index contributed by atoms with van der Waals surface area (Å²) in [5.74, 6) is -0.260. The van der Waals surface area contributed by atoms with Gasteiger partial charge in [-0.3, -0.25) is 0 Å². The second-order valence-electron chi connectivity index (χ2n) is 9.74. The van der Waals surface area contributed by atoms with Gasteiger partial charge in [0.25, 0.3) is 0 Å². The van der Waals surface area contributed by atoms with Crippen molar-refractivity contribution in [1.82, 2.24) is 0 Å². The van der Waals surface area contributed by atoms with Crippen molar-refractivity contribution in [2.75, 3.05) is 6.16 Å². The fraction of sp³-hybridized carbons (Fsp3) is 0.321. The minimum Gasteiger partial charge on any atom is -1.00 e. The lowest BCUT2D eigenvalue weighted by Crippen LogP contribution is -3.00. The average molecular weight is 574 g/mol. The number of halogens is 1. The Morgan fingerprint density at radius 2 is 1.18 bits per heavy atom. The Hall–Kier alpha value is -1.75. The average Bonchev–Trinajstić information content (AvgIpc) is 3.11. The highest BCUT2D eigenvalue weighted by atomic mass is 127. The number of hydrogen-bond acceptors (Lipinski definition) is 3. The third-order valence-electron chi connectivity index (χ3n) is 6.24. The summed E-state index contributed by atoms with van der Waals surface area (Å²) < 4.78 is 11.9. The second-order valence-corrected chi connectivity index (χ2v) is 13.4. The Morgan fingerprint density at radius 3 is 1.52 bits per heavy atom. The van der Waals surface area contributed by atoms with Crippen LogP contribution in [0, 0.1) is 5.41 Å². The molecule has 0 N–H and O–H groups in total. The van der Waals surface area contributed by atoms with Crippen molar-refractivity contribution in [3.63, 3.8) is 0 Å². The van der Waals surface area contributed by atoms with Gasteiger partial charge in [0.2, 0.25) is 6.29 Å². The van der Waals surface area contributed by atoms with Gasteiger partial charge in [-0.05, 0) is 43.3 Å². The number of carbonyl (C=O) groups excluding carboxylic acids is 1. The molecule has 4 rings (SSSR count). The van der Waals surface area contributed by atoms with E-state index in [1.165, 1.54) is 15.9 Å². The van der Waals surface area contributed by atoms with Crippen LogP contribution < -0.4 is 39.9 Å². The lowest BCUT2D eigenvalue weighted by Gasteiger charge is -2.31. The molecule has 0 aromatic heterocycles. The van der Waals surface area contributed by atoms with Crippen LogP contribution in [0.1, 0.15) is 34.1 Å². The molecule has 1 aliphatic heterocycles. The number of cyclic esters (lactones) is 1. The molecule has 1 fully saturated rings. The molecular formula is C28H32IO3P. The highest BCUT2D eigenvalue weighted by Gasteiger charge is 2.54. The van der Waals surface area contributed by atoms with Crippen LogP contribution in [0.4, 0.5) is 0 Å². The molecule has 1 heterocycles. The molecule has 3 aromatic rings. The molecule has 3 nitrogen and oxygen atoms in total. The van der Waals surface area contributed by atoms with Gasteiger partial charge in [-0.15, -0.1) is 0 Å². The van der Waals surface area contributed by atoms with Crippen molar-refractivity contribution in [2.24, 2.45) is 5.41 Å². The molecule has 1 saturated heterocycles. The molecule has 33 heavy (non-hydrogen) atoms. The molecule has 174 valence electrons. The summed E-state index contributed by atoms with van der Waals surface area (Å²) in [6.07, 6.45) is 0.871. The molecule has 3 aromatic carbocycles. The van der Waals surface area contributed by atoms with E-state index in [0.29, 0.717) is 6.42 Å². The van der Waals surface area contributed by atoms with Gasteiger partial charge in [-0.2, -0.15) is 0 Å². The molecule has 0 saturated carbocycles. The van der Waals surface area contributed by atoms with Crippen LogP contribution in [0.3, 0.4) is 0 Å². The molecule has 0 spiro atoms. The first-order valence-electron chi connectivity index (χ1n) is 11.2. The number of esters is 1. The summed E-state index contributed by atoms with van der Waals surface area (Å²) in [6.45, 7) is 7.99. The fourth-order valence-electron chi connectivity index (χ4n) is 4.31. The summed E-state index contributed by atoms with van der Waals surface area (Å²) in [5.41, 5.74) is -1.22. The fourth-order valence-corrected chi connectivity index (χ4v) is 8.78. The summed E-state index contributed by atoms with van der Waals surface area (Å²) in [4.78, 5) is 12.9. The van der Waals surface area contributed by atoms with E-state index in [9.17, 15) is 4.79 Å². The lowest BCUT2D eigenvalue weighted by molar-refractivity contribution is -0.155. The van der Waals surface area contributed by atoms with Gasteiger partial charge in [0.15, 0.2) is 5.60 Å². The van der Waals surface area contributed by atoms with Crippen LogP contribution in [0.25, 0.3) is 0 Å². The van der Waals surface area contributed by atoms with Crippen molar-refractivity contribution >= 4 is 29.1 Å². The number of ether oxygens (including phenoxy) is 2. The number of benzene rings is 3. The first-order valence-corrected chi connectivity index (χ1v) is 13.2. The van der Waals surface area contributed by atoms with E-state index in [4.69, 9.17) is 9.47 Å². The molecule has 0 aliphatic carbocycles. The van der Waals surface area contributed by atoms with Gasteiger partial charge >= 0.3 is 5.97 Å². The topological polar surface area (TPSA) is 35.5 Å². The third-order valence-corrected chi connectivity index (χ3v) is 10.7. The van der Waals surface area contributed by atoms with Crippen molar-refractivity contribution < 1.29 is 38.2 Å². The smallest absolute Gasteiger partial charge is 0.340 e. The Balaban J connectivity index is 0.00000306. The minimum absolute atomic E-state index is 0. The van der Waals surface area contributed by atoms with E-state index in [1.807, 2.05) is 27.7 Å². The van der Waals surface area contributed by atoms with Crippen LogP contribution in [0.5, 0.6) is 0 Å². The Kier molecular flexibility index (Phi) is 8.03. The molecule has 0 unspecified atom stereocenters. The third kappa shape index (κ3) is 5.18. The second kappa shape index (κ2) is 10.2. The number of hydrogen-bond donors (Lipinski definition) is 0. The summed E-state index contributed by atoms with van der Waals surface area (Å²) in [7, 11) is -2.02. The van der Waals surface area contributed by atoms with Gasteiger partial charge in [0, 0.05) is 11.8 Å². The summed E-state index contributed by atoms with van der Waals surface area (Å²) in [6, 6.07) is 32.1. The van der Waals surface area contributed by atoms with Crippen molar-refractivity contribution in [3.05, 3.63) is 91.0 Å². The Morgan fingerprint density at radius 1 is 0.788 bits per heavy atom. The number of carbonyl (C=O) groups is 1. The van der Waals surface area contributed by atoms with Crippen LogP contribution in [-0.2, 0) is 14.3 Å². The zero-order chi connectivity index (χ0) is 22.8. The number of rotatable bonds is 6. The van der Waals surface area contributed by atoms with Crippen LogP contribution >= 0.6 is 7.26 Å². The van der Waals surface area contributed by atoms with Crippen molar-refractivity contribution in [1.29, 1.82) is 0 Å². The van der Waals surface area contributed by atoms with E-state index in [0.717, 1.165) is 6.16 Å². The monoisotopic (exact) mass is 574 g/mol. The van der Waals surface area contributed by atoms with Crippen LogP contribution in [0.2, 0.25) is 0 Å². The first kappa shape index (κ1) is 25.9. The Bertz CT molecular complexity index is 954. The lowest BCUT2D eigenvalue weighted by atomic mass is 9.96. The molecule has 0 bridgehead atoms. The quantitative estimate of drug-likeness (QED) is 0.257. The van der Waals surface area contributed by atoms with Gasteiger partial charge in [-0.1, -0.05) is 75.4 Å². The Labute approximate surface area is 215 Å². The molecule has 5 heteroatoms. The zero-order valence-corrected chi connectivity index (χ0v) is 22.8. The predicted molar refractivity (Wildman–Crippen MR) is 133 cm³/mol. The summed E-state index contributed by atoms with van der Waals surface area (Å²) >= 11 is 0. The van der Waals surface area contributed by atoms with E-state index in [1.54, 1.807) is 0 Å². The highest BCUT2D eigenvalue weighted by molar-refractivity contribution is 7.95. The molecule has 2 atom stereocenters. The van der Waals surface area contributed by atoms with E-state index >= 15 is 0 Å². The molecule has 0 radical (unpaired) electrons. The molecule has 0 amide bonds. The maximum absolute atomic E-state index is 12.9. The zero-order valence-electron chi connectivity index (χ0n) is 19.7. The maximum Gasteiger partial charge on any atom is 0.340 e. The SMILES string of the molecule is CC(C)(C)[C@@H]1OC(=O)[C@](C)(CC[P+](c2ccccc2)(c2ccccc2)c2ccccc2)O1.[I-]. The highest BCUT2D eigenvalue weighted by Crippen LogP contribution is 2.57. The minimum atomic E-state index is -2.02. The van der Waals surface area contributed by atoms with Crippen molar-refractivity contribution in [3.8, 4) is 0 Å². The van der Waals surface area contributed by atoms with Crippen LogP contribution in [-0.4, -0.2) is 24.0 Å².